The van der Waals surface area contributed by atoms with E-state index in [2.05, 4.69) is 4.72 Å². The van der Waals surface area contributed by atoms with Gasteiger partial charge in [0.25, 0.3) is 10.0 Å². The number of carboxylic acids is 1. The molecule has 0 heterocycles. The molecule has 0 aromatic heterocycles. The first kappa shape index (κ1) is 14.8. The van der Waals surface area contributed by atoms with Gasteiger partial charge in [0.1, 0.15) is 22.0 Å². The molecule has 0 amide bonds. The fraction of sp³-hybridized carbons (Fsp3) is 0. The summed E-state index contributed by atoms with van der Waals surface area (Å²) in [7, 11) is -4.20. The largest absolute Gasteiger partial charge is 0.507 e. The monoisotopic (exact) mass is 311 g/mol. The number of anilines is 1. The van der Waals surface area contributed by atoms with Gasteiger partial charge in [-0.05, 0) is 30.3 Å². The van der Waals surface area contributed by atoms with Crippen LogP contribution in [0.3, 0.4) is 0 Å². The Kier molecular flexibility index (Phi) is 3.81. The molecule has 21 heavy (non-hydrogen) atoms. The number of hydrogen-bond donors (Lipinski definition) is 3. The smallest absolute Gasteiger partial charge is 0.339 e. The number of phenols is 1. The normalized spacial score (nSPS) is 11.1. The second-order valence-electron chi connectivity index (χ2n) is 4.07. The number of carbonyl (C=O) groups is 1. The minimum Gasteiger partial charge on any atom is -0.507 e. The lowest BCUT2D eigenvalue weighted by atomic mass is 10.2. The summed E-state index contributed by atoms with van der Waals surface area (Å²) < 4.78 is 39.6. The lowest BCUT2D eigenvalue weighted by molar-refractivity contribution is 0.0693. The first-order chi connectivity index (χ1) is 9.81. The van der Waals surface area contributed by atoms with Crippen molar-refractivity contribution in [2.24, 2.45) is 0 Å². The predicted molar refractivity (Wildman–Crippen MR) is 72.3 cm³/mol. The SMILES string of the molecule is O=C(O)c1cc(NS(=O)(=O)c2ccccc2F)ccc1O. The average molecular weight is 311 g/mol. The minimum atomic E-state index is -4.20. The van der Waals surface area contributed by atoms with Gasteiger partial charge in [0.15, 0.2) is 0 Å². The summed E-state index contributed by atoms with van der Waals surface area (Å²) in [5, 5.41) is 18.2. The van der Waals surface area contributed by atoms with E-state index in [-0.39, 0.29) is 5.69 Å². The number of benzene rings is 2. The highest BCUT2D eigenvalue weighted by atomic mass is 32.2. The molecule has 0 radical (unpaired) electrons. The van der Waals surface area contributed by atoms with Gasteiger partial charge in [-0.15, -0.1) is 0 Å². The van der Waals surface area contributed by atoms with E-state index in [0.29, 0.717) is 0 Å². The summed E-state index contributed by atoms with van der Waals surface area (Å²) in [5.41, 5.74) is -0.572. The minimum absolute atomic E-state index is 0.103. The highest BCUT2D eigenvalue weighted by Gasteiger charge is 2.19. The number of aromatic carboxylic acids is 1. The van der Waals surface area contributed by atoms with E-state index in [1.807, 2.05) is 0 Å². The summed E-state index contributed by atoms with van der Waals surface area (Å²) >= 11 is 0. The van der Waals surface area contributed by atoms with Crippen LogP contribution in [0.4, 0.5) is 10.1 Å². The first-order valence-corrected chi connectivity index (χ1v) is 7.13. The second kappa shape index (κ2) is 5.41. The summed E-state index contributed by atoms with van der Waals surface area (Å²) in [6.07, 6.45) is 0. The van der Waals surface area contributed by atoms with E-state index >= 15 is 0 Å². The highest BCUT2D eigenvalue weighted by Crippen LogP contribution is 2.24. The predicted octanol–water partition coefficient (Wildman–Crippen LogP) is 2.03. The molecule has 0 saturated heterocycles. The first-order valence-electron chi connectivity index (χ1n) is 5.65. The topological polar surface area (TPSA) is 104 Å². The Hall–Kier alpha value is -2.61. The molecule has 8 heteroatoms. The molecule has 0 saturated carbocycles. The molecule has 6 nitrogen and oxygen atoms in total. The van der Waals surface area contributed by atoms with E-state index in [9.17, 15) is 22.7 Å². The number of sulfonamides is 1. The third-order valence-electron chi connectivity index (χ3n) is 2.61. The molecule has 0 aliphatic carbocycles. The number of aromatic hydroxyl groups is 1. The van der Waals surface area contributed by atoms with Crippen molar-refractivity contribution in [3.8, 4) is 5.75 Å². The molecule has 0 unspecified atom stereocenters. The standard InChI is InChI=1S/C13H10FNO5S/c14-10-3-1-2-4-12(10)21(19,20)15-8-5-6-11(16)9(7-8)13(17)18/h1-7,15-16H,(H,17,18). The number of hydrogen-bond acceptors (Lipinski definition) is 4. The summed E-state index contributed by atoms with van der Waals surface area (Å²) in [5.74, 6) is -2.85. The summed E-state index contributed by atoms with van der Waals surface area (Å²) in [4.78, 5) is 10.3. The van der Waals surface area contributed by atoms with Gasteiger partial charge in [-0.3, -0.25) is 4.72 Å². The number of nitrogens with one attached hydrogen (secondary N) is 1. The van der Waals surface area contributed by atoms with Crippen LogP contribution >= 0.6 is 0 Å². The molecule has 2 aromatic carbocycles. The Bertz CT molecular complexity index is 804. The summed E-state index contributed by atoms with van der Waals surface area (Å²) in [6, 6.07) is 7.91. The van der Waals surface area contributed by atoms with Crippen LogP contribution < -0.4 is 4.72 Å². The van der Waals surface area contributed by atoms with Crippen LogP contribution in [0, 0.1) is 5.82 Å². The quantitative estimate of drug-likeness (QED) is 0.750. The molecule has 2 aromatic rings. The molecule has 3 N–H and O–H groups in total. The Morgan fingerprint density at radius 2 is 1.81 bits per heavy atom. The maximum absolute atomic E-state index is 13.5. The number of carboxylic acid groups (broad SMARTS) is 1. The van der Waals surface area contributed by atoms with Crippen LogP contribution in [0.25, 0.3) is 0 Å². The zero-order chi connectivity index (χ0) is 15.6. The van der Waals surface area contributed by atoms with Crippen molar-refractivity contribution in [1.82, 2.24) is 0 Å². The maximum Gasteiger partial charge on any atom is 0.339 e. The Morgan fingerprint density at radius 1 is 1.14 bits per heavy atom. The number of halogens is 1. The van der Waals surface area contributed by atoms with Gasteiger partial charge in [-0.1, -0.05) is 12.1 Å². The van der Waals surface area contributed by atoms with Crippen molar-refractivity contribution in [3.05, 3.63) is 53.8 Å². The maximum atomic E-state index is 13.5. The fourth-order valence-electron chi connectivity index (χ4n) is 1.64. The lowest BCUT2D eigenvalue weighted by Crippen LogP contribution is -2.15. The van der Waals surface area contributed by atoms with Crippen LogP contribution in [0.1, 0.15) is 10.4 Å². The van der Waals surface area contributed by atoms with Crippen molar-refractivity contribution in [2.75, 3.05) is 4.72 Å². The van der Waals surface area contributed by atoms with E-state index in [1.165, 1.54) is 18.2 Å². The Labute approximate surface area is 119 Å². The zero-order valence-corrected chi connectivity index (χ0v) is 11.3. The molecule has 2 rings (SSSR count). The third-order valence-corrected chi connectivity index (χ3v) is 4.02. The van der Waals surface area contributed by atoms with E-state index < -0.39 is 38.0 Å². The van der Waals surface area contributed by atoms with Crippen LogP contribution in [0.15, 0.2) is 47.4 Å². The van der Waals surface area contributed by atoms with E-state index in [4.69, 9.17) is 5.11 Å². The molecule has 0 fully saturated rings. The van der Waals surface area contributed by atoms with Crippen molar-refractivity contribution in [3.63, 3.8) is 0 Å². The van der Waals surface area contributed by atoms with Crippen molar-refractivity contribution < 1.29 is 27.8 Å². The average Bonchev–Trinajstić information content (AvgIpc) is 2.40. The van der Waals surface area contributed by atoms with Crippen LogP contribution in [-0.2, 0) is 10.0 Å². The Morgan fingerprint density at radius 3 is 2.43 bits per heavy atom. The van der Waals surface area contributed by atoms with Gasteiger partial charge in [0, 0.05) is 5.69 Å². The zero-order valence-electron chi connectivity index (χ0n) is 10.4. The van der Waals surface area contributed by atoms with E-state index in [1.54, 1.807) is 0 Å². The summed E-state index contributed by atoms with van der Waals surface area (Å²) in [6.45, 7) is 0. The van der Waals surface area contributed by atoms with E-state index in [0.717, 1.165) is 24.3 Å². The van der Waals surface area contributed by atoms with Crippen LogP contribution in [0.2, 0.25) is 0 Å². The Balaban J connectivity index is 2.40. The molecular formula is C13H10FNO5S. The van der Waals surface area contributed by atoms with Gasteiger partial charge in [0.05, 0.1) is 0 Å². The van der Waals surface area contributed by atoms with Crippen LogP contribution in [-0.4, -0.2) is 24.6 Å². The highest BCUT2D eigenvalue weighted by molar-refractivity contribution is 7.92. The molecular weight excluding hydrogens is 301 g/mol. The van der Waals surface area contributed by atoms with Crippen LogP contribution in [0.5, 0.6) is 5.75 Å². The molecule has 0 atom stereocenters. The molecule has 0 spiro atoms. The molecule has 0 aliphatic heterocycles. The molecule has 0 aliphatic rings. The number of rotatable bonds is 4. The van der Waals surface area contributed by atoms with Crippen molar-refractivity contribution >= 4 is 21.7 Å². The van der Waals surface area contributed by atoms with Gasteiger partial charge < -0.3 is 10.2 Å². The van der Waals surface area contributed by atoms with Crippen molar-refractivity contribution in [2.45, 2.75) is 4.90 Å². The molecule has 0 bridgehead atoms. The van der Waals surface area contributed by atoms with Gasteiger partial charge in [-0.25, -0.2) is 17.6 Å². The van der Waals surface area contributed by atoms with Crippen molar-refractivity contribution in [1.29, 1.82) is 0 Å². The second-order valence-corrected chi connectivity index (χ2v) is 5.72. The fourth-order valence-corrected chi connectivity index (χ4v) is 2.77. The third kappa shape index (κ3) is 3.11. The van der Waals surface area contributed by atoms with Gasteiger partial charge in [-0.2, -0.15) is 0 Å². The lowest BCUT2D eigenvalue weighted by Gasteiger charge is -2.10. The van der Waals surface area contributed by atoms with Gasteiger partial charge >= 0.3 is 5.97 Å². The molecule has 110 valence electrons. The van der Waals surface area contributed by atoms with Gasteiger partial charge in [0.2, 0.25) is 0 Å².